The van der Waals surface area contributed by atoms with Gasteiger partial charge in [0.25, 0.3) is 0 Å². The van der Waals surface area contributed by atoms with Gasteiger partial charge in [-0.2, -0.15) is 0 Å². The van der Waals surface area contributed by atoms with Crippen molar-refractivity contribution in [1.29, 1.82) is 0 Å². The van der Waals surface area contributed by atoms with Gasteiger partial charge in [-0.25, -0.2) is 4.79 Å². The molecule has 0 unspecified atom stereocenters. The molecule has 2 amide bonds. The van der Waals surface area contributed by atoms with Crippen LogP contribution in [0, 0.1) is 17.8 Å². The normalized spacial score (nSPS) is 25.2. The van der Waals surface area contributed by atoms with E-state index in [2.05, 4.69) is 10.6 Å². The van der Waals surface area contributed by atoms with E-state index in [0.717, 1.165) is 0 Å². The van der Waals surface area contributed by atoms with Crippen LogP contribution in [0.15, 0.2) is 0 Å². The molecule has 0 radical (unpaired) electrons. The average molecular weight is 372 g/mol. The highest BCUT2D eigenvalue weighted by atomic mass is 16.6. The van der Waals surface area contributed by atoms with Gasteiger partial charge >= 0.3 is 18.0 Å². The lowest BCUT2D eigenvalue weighted by Gasteiger charge is -2.28. The topological polar surface area (TPSA) is 120 Å². The minimum absolute atomic E-state index is 0.100. The quantitative estimate of drug-likeness (QED) is 0.536. The Morgan fingerprint density at radius 2 is 1.54 bits per heavy atom. The van der Waals surface area contributed by atoms with Crippen LogP contribution in [-0.4, -0.2) is 56.3 Å². The van der Waals surface area contributed by atoms with Crippen molar-refractivity contribution in [3.05, 3.63) is 0 Å². The van der Waals surface area contributed by atoms with Gasteiger partial charge in [-0.05, 0) is 27.2 Å². The third-order valence-corrected chi connectivity index (χ3v) is 4.20. The highest BCUT2D eigenvalue weighted by Crippen LogP contribution is 2.38. The number of esters is 2. The van der Waals surface area contributed by atoms with Crippen molar-refractivity contribution < 1.29 is 33.4 Å². The average Bonchev–Trinajstić information content (AvgIpc) is 2.87. The van der Waals surface area contributed by atoms with Gasteiger partial charge in [-0.3, -0.25) is 14.4 Å². The van der Waals surface area contributed by atoms with Crippen LogP contribution in [0.2, 0.25) is 0 Å². The zero-order valence-electron chi connectivity index (χ0n) is 16.1. The summed E-state index contributed by atoms with van der Waals surface area (Å²) in [5.41, 5.74) is -0.724. The van der Waals surface area contributed by atoms with Gasteiger partial charge in [0, 0.05) is 19.4 Å². The van der Waals surface area contributed by atoms with Crippen molar-refractivity contribution in [2.75, 3.05) is 20.8 Å². The van der Waals surface area contributed by atoms with Crippen molar-refractivity contribution in [2.45, 2.75) is 45.8 Å². The SMILES string of the molecule is COC(=O)[C@H]1C[C@@H](C(=O)OC)[C@H](CNC(C)=O)[C@@H]1NC(=O)OC(C)(C)C. The third kappa shape index (κ3) is 5.89. The van der Waals surface area contributed by atoms with Crippen LogP contribution in [-0.2, 0) is 28.6 Å². The highest BCUT2D eigenvalue weighted by Gasteiger charge is 2.51. The Morgan fingerprint density at radius 1 is 1.00 bits per heavy atom. The number of nitrogens with one attached hydrogen (secondary N) is 2. The molecular weight excluding hydrogens is 344 g/mol. The van der Waals surface area contributed by atoms with Gasteiger partial charge in [0.2, 0.25) is 5.91 Å². The largest absolute Gasteiger partial charge is 0.469 e. The number of amides is 2. The smallest absolute Gasteiger partial charge is 0.407 e. The molecule has 0 aromatic carbocycles. The van der Waals surface area contributed by atoms with Crippen LogP contribution in [0.25, 0.3) is 0 Å². The van der Waals surface area contributed by atoms with E-state index in [0.29, 0.717) is 0 Å². The lowest BCUT2D eigenvalue weighted by molar-refractivity contribution is -0.147. The summed E-state index contributed by atoms with van der Waals surface area (Å²) in [5, 5.41) is 5.30. The monoisotopic (exact) mass is 372 g/mol. The molecule has 0 aromatic rings. The summed E-state index contributed by atoms with van der Waals surface area (Å²) in [6, 6.07) is -0.742. The number of methoxy groups -OCH3 is 2. The second-order valence-corrected chi connectivity index (χ2v) is 7.27. The van der Waals surface area contributed by atoms with Crippen molar-refractivity contribution in [3.8, 4) is 0 Å². The Kier molecular flexibility index (Phi) is 7.41. The summed E-state index contributed by atoms with van der Waals surface area (Å²) in [5.74, 6) is -3.31. The Hall–Kier alpha value is -2.32. The molecule has 0 saturated heterocycles. The van der Waals surface area contributed by atoms with Crippen molar-refractivity contribution >= 4 is 23.9 Å². The molecule has 2 N–H and O–H groups in total. The first kappa shape index (κ1) is 21.7. The maximum atomic E-state index is 12.2. The van der Waals surface area contributed by atoms with E-state index < -0.39 is 47.4 Å². The van der Waals surface area contributed by atoms with Gasteiger partial charge in [-0.15, -0.1) is 0 Å². The van der Waals surface area contributed by atoms with Gasteiger partial charge in [-0.1, -0.05) is 0 Å². The first-order chi connectivity index (χ1) is 12.0. The van der Waals surface area contributed by atoms with Crippen molar-refractivity contribution in [3.63, 3.8) is 0 Å². The second kappa shape index (κ2) is 8.86. The van der Waals surface area contributed by atoms with Crippen LogP contribution in [0.1, 0.15) is 34.1 Å². The Labute approximate surface area is 153 Å². The van der Waals surface area contributed by atoms with Gasteiger partial charge < -0.3 is 24.8 Å². The minimum Gasteiger partial charge on any atom is -0.469 e. The third-order valence-electron chi connectivity index (χ3n) is 4.20. The van der Waals surface area contributed by atoms with Gasteiger partial charge in [0.15, 0.2) is 0 Å². The molecule has 0 aliphatic heterocycles. The molecule has 1 fully saturated rings. The molecular formula is C17H28N2O7. The Bertz CT molecular complexity index is 556. The van der Waals surface area contributed by atoms with E-state index in [1.165, 1.54) is 21.1 Å². The van der Waals surface area contributed by atoms with Crippen LogP contribution < -0.4 is 10.6 Å². The first-order valence-corrected chi connectivity index (χ1v) is 8.39. The fraction of sp³-hybridized carbons (Fsp3) is 0.765. The molecule has 1 aliphatic carbocycles. The number of rotatable bonds is 5. The van der Waals surface area contributed by atoms with Crippen LogP contribution >= 0.6 is 0 Å². The van der Waals surface area contributed by atoms with Crippen LogP contribution in [0.4, 0.5) is 4.79 Å². The summed E-state index contributed by atoms with van der Waals surface area (Å²) in [4.78, 5) is 47.8. The molecule has 0 bridgehead atoms. The zero-order valence-corrected chi connectivity index (χ0v) is 16.1. The molecule has 0 heterocycles. The summed E-state index contributed by atoms with van der Waals surface area (Å²) in [6.45, 7) is 6.58. The number of alkyl carbamates (subject to hydrolysis) is 1. The predicted octanol–water partition coefficient (Wildman–Crippen LogP) is 0.614. The molecule has 9 nitrogen and oxygen atoms in total. The molecule has 1 aliphatic rings. The molecule has 0 spiro atoms. The van der Waals surface area contributed by atoms with Crippen molar-refractivity contribution in [1.82, 2.24) is 10.6 Å². The van der Waals surface area contributed by atoms with Crippen LogP contribution in [0.5, 0.6) is 0 Å². The van der Waals surface area contributed by atoms with E-state index >= 15 is 0 Å². The van der Waals surface area contributed by atoms with E-state index in [9.17, 15) is 19.2 Å². The number of hydrogen-bond donors (Lipinski definition) is 2. The molecule has 148 valence electrons. The number of ether oxygens (including phenoxy) is 3. The van der Waals surface area contributed by atoms with Crippen LogP contribution in [0.3, 0.4) is 0 Å². The maximum Gasteiger partial charge on any atom is 0.407 e. The zero-order chi connectivity index (χ0) is 20.1. The Morgan fingerprint density at radius 3 is 2.00 bits per heavy atom. The fourth-order valence-corrected chi connectivity index (χ4v) is 3.14. The van der Waals surface area contributed by atoms with E-state index in [1.54, 1.807) is 20.8 Å². The standard InChI is InChI=1S/C17H28N2O7/c1-9(20)18-8-12-10(14(21)24-5)7-11(15(22)25-6)13(12)19-16(23)26-17(2,3)4/h10-13H,7-8H2,1-6H3,(H,18,20)(H,19,23)/t10-,11+,12+,13-/m1/s1. The summed E-state index contributed by atoms with van der Waals surface area (Å²) >= 11 is 0. The maximum absolute atomic E-state index is 12.2. The molecule has 1 saturated carbocycles. The summed E-state index contributed by atoms with van der Waals surface area (Å²) < 4.78 is 14.9. The van der Waals surface area contributed by atoms with E-state index in [-0.39, 0.29) is 18.9 Å². The minimum atomic E-state index is -0.754. The number of hydrogen-bond acceptors (Lipinski definition) is 7. The molecule has 26 heavy (non-hydrogen) atoms. The Balaban J connectivity index is 3.10. The summed E-state index contributed by atoms with van der Waals surface area (Å²) in [6.07, 6.45) is -0.570. The highest BCUT2D eigenvalue weighted by molar-refractivity contribution is 5.80. The van der Waals surface area contributed by atoms with Crippen molar-refractivity contribution in [2.24, 2.45) is 17.8 Å². The summed E-state index contributed by atoms with van der Waals surface area (Å²) in [7, 11) is 2.49. The number of carbonyl (C=O) groups is 4. The molecule has 1 rings (SSSR count). The molecule has 4 atom stereocenters. The fourth-order valence-electron chi connectivity index (χ4n) is 3.14. The molecule has 0 aromatic heterocycles. The lowest BCUT2D eigenvalue weighted by atomic mass is 9.92. The lowest BCUT2D eigenvalue weighted by Crippen LogP contribution is -2.49. The van der Waals surface area contributed by atoms with E-state index in [4.69, 9.17) is 14.2 Å². The predicted molar refractivity (Wildman–Crippen MR) is 91.0 cm³/mol. The second-order valence-electron chi connectivity index (χ2n) is 7.27. The van der Waals surface area contributed by atoms with Gasteiger partial charge in [0.05, 0.1) is 32.1 Å². The first-order valence-electron chi connectivity index (χ1n) is 8.39. The van der Waals surface area contributed by atoms with E-state index in [1.807, 2.05) is 0 Å². The number of carbonyl (C=O) groups excluding carboxylic acids is 4. The van der Waals surface area contributed by atoms with Gasteiger partial charge in [0.1, 0.15) is 5.60 Å². The molecule has 9 heteroatoms.